The predicted molar refractivity (Wildman–Crippen MR) is 134 cm³/mol. The highest BCUT2D eigenvalue weighted by Gasteiger charge is 2.16. The van der Waals surface area contributed by atoms with Crippen LogP contribution in [0.3, 0.4) is 0 Å². The molecule has 9 heteroatoms. The van der Waals surface area contributed by atoms with Gasteiger partial charge in [-0.2, -0.15) is 16.4 Å². The number of esters is 1. The van der Waals surface area contributed by atoms with E-state index in [2.05, 4.69) is 5.10 Å². The van der Waals surface area contributed by atoms with Crippen LogP contribution in [0.2, 0.25) is 0 Å². The smallest absolute Gasteiger partial charge is 0.309 e. The molecule has 0 aliphatic rings. The summed E-state index contributed by atoms with van der Waals surface area (Å²) in [4.78, 5) is 21.1. The zero-order valence-electron chi connectivity index (χ0n) is 19.4. The van der Waals surface area contributed by atoms with E-state index in [1.807, 2.05) is 59.4 Å². The number of benzene rings is 2. The van der Waals surface area contributed by atoms with Gasteiger partial charge < -0.3 is 14.2 Å². The Kier molecular flexibility index (Phi) is 6.15. The van der Waals surface area contributed by atoms with E-state index < -0.39 is 0 Å². The number of methoxy groups -OCH3 is 3. The molecule has 35 heavy (non-hydrogen) atoms. The van der Waals surface area contributed by atoms with Gasteiger partial charge in [-0.25, -0.2) is 14.6 Å². The van der Waals surface area contributed by atoms with Gasteiger partial charge in [0, 0.05) is 34.2 Å². The molecule has 0 radical (unpaired) electrons. The van der Waals surface area contributed by atoms with Crippen LogP contribution in [0, 0.1) is 0 Å². The van der Waals surface area contributed by atoms with Crippen LogP contribution >= 0.6 is 11.3 Å². The second-order valence-electron chi connectivity index (χ2n) is 7.73. The van der Waals surface area contributed by atoms with E-state index >= 15 is 0 Å². The summed E-state index contributed by atoms with van der Waals surface area (Å²) in [6.45, 7) is 0. The van der Waals surface area contributed by atoms with E-state index in [1.165, 1.54) is 7.11 Å². The van der Waals surface area contributed by atoms with Crippen molar-refractivity contribution < 1.29 is 19.0 Å². The van der Waals surface area contributed by atoms with Crippen molar-refractivity contribution in [3.63, 3.8) is 0 Å². The van der Waals surface area contributed by atoms with E-state index in [4.69, 9.17) is 24.2 Å². The van der Waals surface area contributed by atoms with Crippen LogP contribution in [-0.4, -0.2) is 47.0 Å². The lowest BCUT2D eigenvalue weighted by Crippen LogP contribution is -2.04. The summed E-state index contributed by atoms with van der Waals surface area (Å²) in [6, 6.07) is 13.5. The Balaban J connectivity index is 1.56. The van der Waals surface area contributed by atoms with Crippen LogP contribution < -0.4 is 9.47 Å². The standard InChI is InChI=1S/C26H22N4O4S/c1-32-22-11-20-21(12-23(22)33-2)28-26(29-25(20)18-8-9-35-15-18)30-14-19(13-27-30)17-6-4-16(5-7-17)10-24(31)34-3/h4-9,11-15H,10H2,1-3H3. The number of hydrogen-bond donors (Lipinski definition) is 0. The number of rotatable bonds is 7. The summed E-state index contributed by atoms with van der Waals surface area (Å²) in [7, 11) is 4.59. The van der Waals surface area contributed by atoms with E-state index in [9.17, 15) is 4.79 Å². The van der Waals surface area contributed by atoms with Crippen molar-refractivity contribution >= 4 is 28.2 Å². The normalized spacial score (nSPS) is 10.9. The molecule has 0 amide bonds. The van der Waals surface area contributed by atoms with Gasteiger partial charge in [0.25, 0.3) is 5.95 Å². The summed E-state index contributed by atoms with van der Waals surface area (Å²) in [5.41, 5.74) is 5.26. The Hall–Kier alpha value is -4.24. The van der Waals surface area contributed by atoms with Gasteiger partial charge in [-0.15, -0.1) is 0 Å². The average Bonchev–Trinajstić information content (AvgIpc) is 3.60. The van der Waals surface area contributed by atoms with E-state index in [0.29, 0.717) is 17.4 Å². The molecule has 5 aromatic rings. The highest BCUT2D eigenvalue weighted by Crippen LogP contribution is 2.36. The number of thiophene rings is 1. The monoisotopic (exact) mass is 486 g/mol. The van der Waals surface area contributed by atoms with Gasteiger partial charge in [-0.1, -0.05) is 24.3 Å². The Labute approximate surface area is 205 Å². The van der Waals surface area contributed by atoms with Crippen LogP contribution in [0.25, 0.3) is 39.2 Å². The van der Waals surface area contributed by atoms with Gasteiger partial charge >= 0.3 is 5.97 Å². The van der Waals surface area contributed by atoms with Crippen molar-refractivity contribution in [2.75, 3.05) is 21.3 Å². The molecule has 2 aromatic carbocycles. The molecule has 0 N–H and O–H groups in total. The lowest BCUT2D eigenvalue weighted by Gasteiger charge is -2.12. The van der Waals surface area contributed by atoms with Crippen molar-refractivity contribution in [2.24, 2.45) is 0 Å². The molecule has 5 rings (SSSR count). The highest BCUT2D eigenvalue weighted by atomic mass is 32.1. The highest BCUT2D eigenvalue weighted by molar-refractivity contribution is 7.08. The van der Waals surface area contributed by atoms with Crippen molar-refractivity contribution in [3.8, 4) is 39.8 Å². The molecule has 8 nitrogen and oxygen atoms in total. The minimum Gasteiger partial charge on any atom is -0.493 e. The third-order valence-corrected chi connectivity index (χ3v) is 6.32. The molecule has 0 bridgehead atoms. The number of ether oxygens (including phenoxy) is 3. The molecule has 0 saturated carbocycles. The third kappa shape index (κ3) is 4.45. The van der Waals surface area contributed by atoms with Gasteiger partial charge in [0.05, 0.1) is 45.2 Å². The zero-order valence-corrected chi connectivity index (χ0v) is 20.2. The SMILES string of the molecule is COC(=O)Cc1ccc(-c2cnn(-c3nc(-c4ccsc4)c4cc(OC)c(OC)cc4n3)c2)cc1. The minimum atomic E-state index is -0.269. The molecule has 3 aromatic heterocycles. The number of aromatic nitrogens is 4. The fourth-order valence-corrected chi connectivity index (χ4v) is 4.44. The predicted octanol–water partition coefficient (Wildman–Crippen LogP) is 4.94. The van der Waals surface area contributed by atoms with Gasteiger partial charge in [-0.3, -0.25) is 4.79 Å². The van der Waals surface area contributed by atoms with Gasteiger partial charge in [0.15, 0.2) is 11.5 Å². The molecule has 176 valence electrons. The number of nitrogens with zero attached hydrogens (tertiary/aromatic N) is 4. The molecule has 0 saturated heterocycles. The molecule has 3 heterocycles. The topological polar surface area (TPSA) is 88.4 Å². The summed E-state index contributed by atoms with van der Waals surface area (Å²) >= 11 is 1.60. The fraction of sp³-hybridized carbons (Fsp3) is 0.154. The molecular weight excluding hydrogens is 464 g/mol. The lowest BCUT2D eigenvalue weighted by atomic mass is 10.1. The molecular formula is C26H22N4O4S. The second kappa shape index (κ2) is 9.55. The minimum absolute atomic E-state index is 0.237. The van der Waals surface area contributed by atoms with Crippen LogP contribution in [0.5, 0.6) is 11.5 Å². The van der Waals surface area contributed by atoms with E-state index in [1.54, 1.807) is 36.4 Å². The van der Waals surface area contributed by atoms with E-state index in [0.717, 1.165) is 38.9 Å². The van der Waals surface area contributed by atoms with Crippen molar-refractivity contribution in [3.05, 3.63) is 71.2 Å². The summed E-state index contributed by atoms with van der Waals surface area (Å²) in [6.07, 6.45) is 3.89. The van der Waals surface area contributed by atoms with Crippen molar-refractivity contribution in [1.29, 1.82) is 0 Å². The maximum atomic E-state index is 11.5. The number of hydrogen-bond acceptors (Lipinski definition) is 8. The first-order chi connectivity index (χ1) is 17.1. The van der Waals surface area contributed by atoms with Crippen molar-refractivity contribution in [2.45, 2.75) is 6.42 Å². The number of carbonyl (C=O) groups excluding carboxylic acids is 1. The van der Waals surface area contributed by atoms with Crippen LogP contribution in [-0.2, 0) is 16.0 Å². The molecule has 0 atom stereocenters. The average molecular weight is 487 g/mol. The molecule has 0 aliphatic carbocycles. The van der Waals surface area contributed by atoms with E-state index in [-0.39, 0.29) is 12.4 Å². The van der Waals surface area contributed by atoms with Crippen LogP contribution in [0.1, 0.15) is 5.56 Å². The molecule has 0 spiro atoms. The summed E-state index contributed by atoms with van der Waals surface area (Å²) in [5.74, 6) is 1.38. The van der Waals surface area contributed by atoms with Gasteiger partial charge in [0.1, 0.15) is 0 Å². The zero-order chi connectivity index (χ0) is 24.4. The first kappa shape index (κ1) is 22.5. The summed E-state index contributed by atoms with van der Waals surface area (Å²) < 4.78 is 17.4. The quantitative estimate of drug-likeness (QED) is 0.301. The molecule has 0 aliphatic heterocycles. The van der Waals surface area contributed by atoms with Gasteiger partial charge in [0.2, 0.25) is 0 Å². The Morgan fingerprint density at radius 2 is 1.71 bits per heavy atom. The second-order valence-corrected chi connectivity index (χ2v) is 8.51. The molecule has 0 fully saturated rings. The molecule has 0 unspecified atom stereocenters. The Morgan fingerprint density at radius 3 is 2.40 bits per heavy atom. The summed E-state index contributed by atoms with van der Waals surface area (Å²) in [5, 5.41) is 9.44. The maximum absolute atomic E-state index is 11.5. The number of carbonyl (C=O) groups is 1. The van der Waals surface area contributed by atoms with Crippen LogP contribution in [0.15, 0.2) is 65.6 Å². The number of fused-ring (bicyclic) bond motifs is 1. The van der Waals surface area contributed by atoms with Crippen LogP contribution in [0.4, 0.5) is 0 Å². The maximum Gasteiger partial charge on any atom is 0.309 e. The Morgan fingerprint density at radius 1 is 0.943 bits per heavy atom. The first-order valence-electron chi connectivity index (χ1n) is 10.8. The first-order valence-corrected chi connectivity index (χ1v) is 11.7. The van der Waals surface area contributed by atoms with Gasteiger partial charge in [-0.05, 0) is 28.6 Å². The third-order valence-electron chi connectivity index (χ3n) is 5.63. The fourth-order valence-electron chi connectivity index (χ4n) is 3.80. The Bertz CT molecular complexity index is 1490. The lowest BCUT2D eigenvalue weighted by molar-refractivity contribution is -0.139. The largest absolute Gasteiger partial charge is 0.493 e. The van der Waals surface area contributed by atoms with Crippen molar-refractivity contribution in [1.82, 2.24) is 19.7 Å².